The van der Waals surface area contributed by atoms with Gasteiger partial charge in [-0.05, 0) is 49.1 Å². The smallest absolute Gasteiger partial charge is 0.335 e. The van der Waals surface area contributed by atoms with Crippen molar-refractivity contribution in [2.45, 2.75) is 26.3 Å². The Morgan fingerprint density at radius 2 is 1.71 bits per heavy atom. The molecule has 2 aromatic carbocycles. The zero-order valence-corrected chi connectivity index (χ0v) is 15.7. The third kappa shape index (κ3) is 4.49. The van der Waals surface area contributed by atoms with Crippen LogP contribution in [0.15, 0.2) is 42.5 Å². The van der Waals surface area contributed by atoms with Crippen LogP contribution in [0.1, 0.15) is 44.7 Å². The Morgan fingerprint density at radius 3 is 2.36 bits per heavy atom. The van der Waals surface area contributed by atoms with Gasteiger partial charge in [-0.2, -0.15) is 0 Å². The van der Waals surface area contributed by atoms with Crippen LogP contribution >= 0.6 is 0 Å². The summed E-state index contributed by atoms with van der Waals surface area (Å²) in [6.45, 7) is 3.57. The molecule has 0 atom stereocenters. The Kier molecular flexibility index (Phi) is 5.93. The van der Waals surface area contributed by atoms with Crippen LogP contribution in [0.2, 0.25) is 0 Å². The molecule has 0 radical (unpaired) electrons. The number of nitrogens with zero attached hydrogens (tertiary/aromatic N) is 1. The summed E-state index contributed by atoms with van der Waals surface area (Å²) in [5, 5.41) is 14.5. The van der Waals surface area contributed by atoms with Crippen molar-refractivity contribution in [2.75, 3.05) is 18.4 Å². The first kappa shape index (κ1) is 19.4. The van der Waals surface area contributed by atoms with E-state index in [9.17, 15) is 14.4 Å². The number of nitrogens with one attached hydrogen (secondary N) is 2. The molecular formula is C21H23N3O4. The van der Waals surface area contributed by atoms with Crippen molar-refractivity contribution in [2.24, 2.45) is 0 Å². The maximum atomic E-state index is 12.8. The van der Waals surface area contributed by atoms with E-state index in [2.05, 4.69) is 10.6 Å². The number of rotatable bonds is 5. The van der Waals surface area contributed by atoms with E-state index in [4.69, 9.17) is 5.11 Å². The molecule has 3 N–H and O–H groups in total. The molecule has 0 unspecified atom stereocenters. The number of hydrogen-bond donors (Lipinski definition) is 3. The van der Waals surface area contributed by atoms with Gasteiger partial charge in [-0.1, -0.05) is 24.3 Å². The molecule has 0 aromatic heterocycles. The standard InChI is InChI=1S/C21H23N3O4/c1-14-5-4-6-17(19(25)24-11-2-3-12-24)18(14)23-21(28)22-13-15-7-9-16(10-8-15)20(26)27/h4-10H,2-3,11-13H2,1H3,(H,26,27)(H2,22,23,28). The third-order valence-electron chi connectivity index (χ3n) is 4.79. The largest absolute Gasteiger partial charge is 0.478 e. The van der Waals surface area contributed by atoms with Crippen LogP contribution in [0, 0.1) is 6.92 Å². The summed E-state index contributed by atoms with van der Waals surface area (Å²) in [7, 11) is 0. The highest BCUT2D eigenvalue weighted by molar-refractivity contribution is 6.04. The van der Waals surface area contributed by atoms with Crippen LogP contribution in [-0.4, -0.2) is 41.0 Å². The van der Waals surface area contributed by atoms with E-state index in [1.54, 1.807) is 18.2 Å². The van der Waals surface area contributed by atoms with Gasteiger partial charge in [0.25, 0.3) is 5.91 Å². The van der Waals surface area contributed by atoms with Gasteiger partial charge in [-0.3, -0.25) is 4.79 Å². The Bertz CT molecular complexity index is 887. The van der Waals surface area contributed by atoms with Crippen LogP contribution in [0.4, 0.5) is 10.5 Å². The molecule has 0 bridgehead atoms. The highest BCUT2D eigenvalue weighted by Crippen LogP contribution is 2.24. The highest BCUT2D eigenvalue weighted by atomic mass is 16.4. The van der Waals surface area contributed by atoms with Gasteiger partial charge in [0.1, 0.15) is 0 Å². The fraction of sp³-hybridized carbons (Fsp3) is 0.286. The normalized spacial score (nSPS) is 13.2. The van der Waals surface area contributed by atoms with E-state index in [-0.39, 0.29) is 18.0 Å². The Labute approximate surface area is 163 Å². The summed E-state index contributed by atoms with van der Waals surface area (Å²) in [4.78, 5) is 37.8. The van der Waals surface area contributed by atoms with Crippen LogP contribution in [0.5, 0.6) is 0 Å². The molecule has 1 fully saturated rings. The van der Waals surface area contributed by atoms with Crippen molar-refractivity contribution in [3.8, 4) is 0 Å². The summed E-state index contributed by atoms with van der Waals surface area (Å²) in [6.07, 6.45) is 2.00. The van der Waals surface area contributed by atoms with Gasteiger partial charge in [-0.15, -0.1) is 0 Å². The van der Waals surface area contributed by atoms with Gasteiger partial charge in [0.15, 0.2) is 0 Å². The minimum absolute atomic E-state index is 0.0687. The third-order valence-corrected chi connectivity index (χ3v) is 4.79. The number of carbonyl (C=O) groups is 3. The molecule has 1 aliphatic rings. The van der Waals surface area contributed by atoms with Gasteiger partial charge in [0.2, 0.25) is 0 Å². The predicted octanol–water partition coefficient (Wildman–Crippen LogP) is 3.25. The fourth-order valence-electron chi connectivity index (χ4n) is 3.21. The first-order valence-corrected chi connectivity index (χ1v) is 9.21. The lowest BCUT2D eigenvalue weighted by atomic mass is 10.1. The first-order chi connectivity index (χ1) is 13.5. The molecule has 3 amide bonds. The molecule has 1 saturated heterocycles. The number of hydrogen-bond acceptors (Lipinski definition) is 3. The SMILES string of the molecule is Cc1cccc(C(=O)N2CCCC2)c1NC(=O)NCc1ccc(C(=O)O)cc1. The van der Waals surface area contributed by atoms with Gasteiger partial charge in [0, 0.05) is 19.6 Å². The first-order valence-electron chi connectivity index (χ1n) is 9.21. The van der Waals surface area contributed by atoms with E-state index < -0.39 is 12.0 Å². The number of aromatic carboxylic acids is 1. The summed E-state index contributed by atoms with van der Waals surface area (Å²) >= 11 is 0. The topological polar surface area (TPSA) is 98.7 Å². The molecule has 1 heterocycles. The van der Waals surface area contributed by atoms with Crippen molar-refractivity contribution in [3.05, 3.63) is 64.7 Å². The van der Waals surface area contributed by atoms with E-state index >= 15 is 0 Å². The minimum atomic E-state index is -0.994. The summed E-state index contributed by atoms with van der Waals surface area (Å²) in [5.41, 5.74) is 2.78. The van der Waals surface area contributed by atoms with Crippen LogP contribution in [-0.2, 0) is 6.54 Å². The number of urea groups is 1. The number of carboxylic acid groups (broad SMARTS) is 1. The van der Waals surface area contributed by atoms with E-state index in [1.807, 2.05) is 24.0 Å². The average molecular weight is 381 g/mol. The van der Waals surface area contributed by atoms with Crippen molar-refractivity contribution >= 4 is 23.6 Å². The van der Waals surface area contributed by atoms with Crippen molar-refractivity contribution in [3.63, 3.8) is 0 Å². The maximum absolute atomic E-state index is 12.8. The summed E-state index contributed by atoms with van der Waals surface area (Å²) in [6, 6.07) is 11.3. The average Bonchev–Trinajstić information content (AvgIpc) is 3.22. The number of carbonyl (C=O) groups excluding carboxylic acids is 2. The molecule has 0 saturated carbocycles. The predicted molar refractivity (Wildman–Crippen MR) is 106 cm³/mol. The zero-order chi connectivity index (χ0) is 20.1. The molecule has 3 rings (SSSR count). The lowest BCUT2D eigenvalue weighted by Gasteiger charge is -2.19. The van der Waals surface area contributed by atoms with Gasteiger partial charge < -0.3 is 20.6 Å². The minimum Gasteiger partial charge on any atom is -0.478 e. The molecule has 0 aliphatic carbocycles. The number of carboxylic acids is 1. The second-order valence-electron chi connectivity index (χ2n) is 6.81. The number of amides is 3. The number of likely N-dealkylation sites (tertiary alicyclic amines) is 1. The zero-order valence-electron chi connectivity index (χ0n) is 15.7. The van der Waals surface area contributed by atoms with Gasteiger partial charge >= 0.3 is 12.0 Å². The van der Waals surface area contributed by atoms with Crippen LogP contribution < -0.4 is 10.6 Å². The second-order valence-corrected chi connectivity index (χ2v) is 6.81. The summed E-state index contributed by atoms with van der Waals surface area (Å²) < 4.78 is 0. The quantitative estimate of drug-likeness (QED) is 0.740. The van der Waals surface area contributed by atoms with Crippen molar-refractivity contribution < 1.29 is 19.5 Å². The molecule has 1 aliphatic heterocycles. The molecule has 28 heavy (non-hydrogen) atoms. The molecule has 0 spiro atoms. The van der Waals surface area contributed by atoms with Crippen molar-refractivity contribution in [1.29, 1.82) is 0 Å². The van der Waals surface area contributed by atoms with E-state index in [0.29, 0.717) is 11.3 Å². The monoisotopic (exact) mass is 381 g/mol. The number of aryl methyl sites for hydroxylation is 1. The molecule has 146 valence electrons. The maximum Gasteiger partial charge on any atom is 0.335 e. The lowest BCUT2D eigenvalue weighted by molar-refractivity contribution is 0.0696. The lowest BCUT2D eigenvalue weighted by Crippen LogP contribution is -2.32. The molecular weight excluding hydrogens is 358 g/mol. The number of para-hydroxylation sites is 1. The molecule has 7 heteroatoms. The molecule has 7 nitrogen and oxygen atoms in total. The Hall–Kier alpha value is -3.35. The van der Waals surface area contributed by atoms with Gasteiger partial charge in [-0.25, -0.2) is 9.59 Å². The van der Waals surface area contributed by atoms with E-state index in [0.717, 1.165) is 37.1 Å². The molecule has 2 aromatic rings. The fourth-order valence-corrected chi connectivity index (χ4v) is 3.21. The number of benzene rings is 2. The second kappa shape index (κ2) is 8.56. The number of anilines is 1. The summed E-state index contributed by atoms with van der Waals surface area (Å²) in [5.74, 6) is -1.06. The Morgan fingerprint density at radius 1 is 1.04 bits per heavy atom. The highest BCUT2D eigenvalue weighted by Gasteiger charge is 2.23. The van der Waals surface area contributed by atoms with Crippen molar-refractivity contribution in [1.82, 2.24) is 10.2 Å². The van der Waals surface area contributed by atoms with Gasteiger partial charge in [0.05, 0.1) is 16.8 Å². The van der Waals surface area contributed by atoms with Crippen LogP contribution in [0.25, 0.3) is 0 Å². The Balaban J connectivity index is 1.66. The van der Waals surface area contributed by atoms with E-state index in [1.165, 1.54) is 12.1 Å². The van der Waals surface area contributed by atoms with Crippen LogP contribution in [0.3, 0.4) is 0 Å².